The molecule has 0 aliphatic carbocycles. The third-order valence-electron chi connectivity index (χ3n) is 3.75. The van der Waals surface area contributed by atoms with Gasteiger partial charge in [0, 0.05) is 18.1 Å². The molecule has 1 aromatic rings. The summed E-state index contributed by atoms with van der Waals surface area (Å²) in [7, 11) is 2.05. The van der Waals surface area contributed by atoms with Crippen LogP contribution in [0.25, 0.3) is 0 Å². The fourth-order valence-corrected chi connectivity index (χ4v) is 3.24. The van der Waals surface area contributed by atoms with Crippen LogP contribution in [0.1, 0.15) is 50.9 Å². The summed E-state index contributed by atoms with van der Waals surface area (Å²) in [6, 6.07) is 2.22. The lowest BCUT2D eigenvalue weighted by Crippen LogP contribution is -2.26. The Labute approximate surface area is 114 Å². The van der Waals surface area contributed by atoms with Gasteiger partial charge in [-0.15, -0.1) is 0 Å². The van der Waals surface area contributed by atoms with E-state index < -0.39 is 0 Å². The Morgan fingerprint density at radius 2 is 2.12 bits per heavy atom. The van der Waals surface area contributed by atoms with E-state index >= 15 is 0 Å². The quantitative estimate of drug-likeness (QED) is 0.688. The van der Waals surface area contributed by atoms with Crippen molar-refractivity contribution in [2.45, 2.75) is 52.9 Å². The van der Waals surface area contributed by atoms with E-state index in [1.807, 2.05) is 4.68 Å². The third kappa shape index (κ3) is 3.84. The van der Waals surface area contributed by atoms with Crippen molar-refractivity contribution in [2.75, 3.05) is 5.33 Å². The van der Waals surface area contributed by atoms with E-state index in [-0.39, 0.29) is 0 Å². The number of aryl methyl sites for hydroxylation is 2. The molecule has 1 heterocycles. The van der Waals surface area contributed by atoms with Gasteiger partial charge in [0.1, 0.15) is 0 Å². The van der Waals surface area contributed by atoms with Crippen LogP contribution in [0.15, 0.2) is 6.07 Å². The lowest BCUT2D eigenvalue weighted by Gasteiger charge is -2.31. The van der Waals surface area contributed by atoms with Crippen LogP contribution in [0.3, 0.4) is 0 Å². The Balaban J connectivity index is 2.81. The molecule has 0 saturated heterocycles. The van der Waals surface area contributed by atoms with Crippen molar-refractivity contribution >= 4 is 15.9 Å². The van der Waals surface area contributed by atoms with E-state index in [0.717, 1.165) is 17.4 Å². The number of halogens is 1. The van der Waals surface area contributed by atoms with E-state index in [0.29, 0.717) is 5.41 Å². The van der Waals surface area contributed by atoms with Gasteiger partial charge in [0.2, 0.25) is 0 Å². The molecule has 0 aliphatic heterocycles. The summed E-state index contributed by atoms with van der Waals surface area (Å²) < 4.78 is 2.04. The van der Waals surface area contributed by atoms with Crippen molar-refractivity contribution in [3.63, 3.8) is 0 Å². The first-order valence-corrected chi connectivity index (χ1v) is 7.74. The fraction of sp³-hybridized carbons (Fsp3) is 0.786. The smallest absolute Gasteiger partial charge is 0.0596 e. The molecule has 1 rings (SSSR count). The maximum Gasteiger partial charge on any atom is 0.0596 e. The summed E-state index contributed by atoms with van der Waals surface area (Å²) in [6.07, 6.45) is 6.25. The van der Waals surface area contributed by atoms with Crippen LogP contribution in [-0.4, -0.2) is 15.1 Å². The van der Waals surface area contributed by atoms with Gasteiger partial charge in [-0.3, -0.25) is 4.68 Å². The van der Waals surface area contributed by atoms with Crippen LogP contribution >= 0.6 is 15.9 Å². The standard InChI is InChI=1S/C14H25BrN2/c1-5-7-8-14(6-2,11-15)10-13-9-12(3)16-17(13)4/h9H,5-8,10-11H2,1-4H3. The predicted octanol–water partition coefficient (Wildman–Crippen LogP) is 4.25. The number of hydrogen-bond acceptors (Lipinski definition) is 1. The average molecular weight is 301 g/mol. The number of nitrogens with zero attached hydrogens (tertiary/aromatic N) is 2. The van der Waals surface area contributed by atoms with Crippen molar-refractivity contribution in [1.82, 2.24) is 9.78 Å². The third-order valence-corrected chi connectivity index (χ3v) is 4.94. The monoisotopic (exact) mass is 300 g/mol. The Hall–Kier alpha value is -0.310. The molecule has 0 saturated carbocycles. The number of unbranched alkanes of at least 4 members (excludes halogenated alkanes) is 1. The van der Waals surface area contributed by atoms with Crippen molar-refractivity contribution in [3.05, 3.63) is 17.5 Å². The molecular formula is C14H25BrN2. The molecule has 0 bridgehead atoms. The summed E-state index contributed by atoms with van der Waals surface area (Å²) >= 11 is 3.72. The van der Waals surface area contributed by atoms with E-state index in [1.54, 1.807) is 0 Å². The van der Waals surface area contributed by atoms with Gasteiger partial charge in [0.25, 0.3) is 0 Å². The molecular weight excluding hydrogens is 276 g/mol. The van der Waals surface area contributed by atoms with Crippen molar-refractivity contribution in [3.8, 4) is 0 Å². The zero-order chi connectivity index (χ0) is 12.9. The van der Waals surface area contributed by atoms with E-state index in [9.17, 15) is 0 Å². The van der Waals surface area contributed by atoms with Crippen molar-refractivity contribution in [2.24, 2.45) is 12.5 Å². The van der Waals surface area contributed by atoms with Crippen LogP contribution in [0.2, 0.25) is 0 Å². The molecule has 17 heavy (non-hydrogen) atoms. The zero-order valence-electron chi connectivity index (χ0n) is 11.6. The lowest BCUT2D eigenvalue weighted by atomic mass is 9.78. The highest BCUT2D eigenvalue weighted by Crippen LogP contribution is 2.35. The number of aromatic nitrogens is 2. The minimum Gasteiger partial charge on any atom is -0.272 e. The maximum absolute atomic E-state index is 4.45. The Morgan fingerprint density at radius 3 is 2.53 bits per heavy atom. The minimum atomic E-state index is 0.399. The average Bonchev–Trinajstić information content (AvgIpc) is 2.63. The number of alkyl halides is 1. The van der Waals surface area contributed by atoms with E-state index in [4.69, 9.17) is 0 Å². The molecule has 0 spiro atoms. The Kier molecular flexibility index (Phi) is 5.71. The predicted molar refractivity (Wildman–Crippen MR) is 77.7 cm³/mol. The maximum atomic E-state index is 4.45. The summed E-state index contributed by atoms with van der Waals surface area (Å²) in [4.78, 5) is 0. The second-order valence-electron chi connectivity index (χ2n) is 5.17. The van der Waals surface area contributed by atoms with Gasteiger partial charge in [-0.25, -0.2) is 0 Å². The topological polar surface area (TPSA) is 17.8 Å². The highest BCUT2D eigenvalue weighted by atomic mass is 79.9. The van der Waals surface area contributed by atoms with Crippen LogP contribution in [0, 0.1) is 12.3 Å². The molecule has 3 heteroatoms. The highest BCUT2D eigenvalue weighted by molar-refractivity contribution is 9.09. The summed E-state index contributed by atoms with van der Waals surface area (Å²) in [5, 5.41) is 5.53. The first-order valence-electron chi connectivity index (χ1n) is 6.62. The first kappa shape index (κ1) is 14.7. The zero-order valence-corrected chi connectivity index (χ0v) is 13.2. The molecule has 1 unspecified atom stereocenters. The molecule has 98 valence electrons. The van der Waals surface area contributed by atoms with Crippen molar-refractivity contribution < 1.29 is 0 Å². The molecule has 2 nitrogen and oxygen atoms in total. The normalized spacial score (nSPS) is 14.9. The SMILES string of the molecule is CCCCC(CC)(CBr)Cc1cc(C)nn1C. The lowest BCUT2D eigenvalue weighted by molar-refractivity contribution is 0.277. The molecule has 0 amide bonds. The van der Waals surface area contributed by atoms with Crippen LogP contribution in [-0.2, 0) is 13.5 Å². The molecule has 0 N–H and O–H groups in total. The number of rotatable bonds is 7. The summed E-state index contributed by atoms with van der Waals surface area (Å²) in [6.45, 7) is 6.64. The second kappa shape index (κ2) is 6.58. The number of hydrogen-bond donors (Lipinski definition) is 0. The van der Waals surface area contributed by atoms with Gasteiger partial charge in [-0.1, -0.05) is 42.6 Å². The summed E-state index contributed by atoms with van der Waals surface area (Å²) in [5.74, 6) is 0. The highest BCUT2D eigenvalue weighted by Gasteiger charge is 2.27. The second-order valence-corrected chi connectivity index (χ2v) is 5.73. The van der Waals surface area contributed by atoms with E-state index in [2.05, 4.69) is 54.9 Å². The first-order chi connectivity index (χ1) is 8.06. The van der Waals surface area contributed by atoms with Crippen LogP contribution in [0.5, 0.6) is 0 Å². The Bertz CT molecular complexity index is 340. The summed E-state index contributed by atoms with van der Waals surface area (Å²) in [5.41, 5.74) is 2.88. The van der Waals surface area contributed by atoms with Crippen molar-refractivity contribution in [1.29, 1.82) is 0 Å². The van der Waals surface area contributed by atoms with Gasteiger partial charge in [-0.2, -0.15) is 5.10 Å². The van der Waals surface area contributed by atoms with Gasteiger partial charge >= 0.3 is 0 Å². The fourth-order valence-electron chi connectivity index (χ4n) is 2.36. The van der Waals surface area contributed by atoms with Gasteiger partial charge in [-0.05, 0) is 37.7 Å². The molecule has 1 aromatic heterocycles. The molecule has 0 fully saturated rings. The van der Waals surface area contributed by atoms with Gasteiger partial charge < -0.3 is 0 Å². The largest absolute Gasteiger partial charge is 0.272 e. The Morgan fingerprint density at radius 1 is 1.41 bits per heavy atom. The minimum absolute atomic E-state index is 0.399. The van der Waals surface area contributed by atoms with Gasteiger partial charge in [0.05, 0.1) is 5.69 Å². The molecule has 0 aliphatic rings. The van der Waals surface area contributed by atoms with Crippen LogP contribution < -0.4 is 0 Å². The van der Waals surface area contributed by atoms with E-state index in [1.165, 1.54) is 31.4 Å². The molecule has 0 aromatic carbocycles. The van der Waals surface area contributed by atoms with Gasteiger partial charge in [0.15, 0.2) is 0 Å². The van der Waals surface area contributed by atoms with Crippen LogP contribution in [0.4, 0.5) is 0 Å². The molecule has 1 atom stereocenters. The molecule has 0 radical (unpaired) electrons.